The van der Waals surface area contributed by atoms with E-state index in [9.17, 15) is 0 Å². The molecule has 1 rings (SSSR count). The lowest BCUT2D eigenvalue weighted by molar-refractivity contribution is 0.130. The Bertz CT molecular complexity index is 169. The molecule has 0 aliphatic heterocycles. The van der Waals surface area contributed by atoms with Gasteiger partial charge in [-0.05, 0) is 24.7 Å². The van der Waals surface area contributed by atoms with Gasteiger partial charge in [0.2, 0.25) is 0 Å². The number of ether oxygens (including phenoxy) is 1. The van der Waals surface area contributed by atoms with Crippen LogP contribution >= 0.6 is 11.6 Å². The zero-order valence-electron chi connectivity index (χ0n) is 10.6. The molecule has 0 aromatic rings. The number of unbranched alkanes of at least 4 members (excludes halogenated alkanes) is 1. The van der Waals surface area contributed by atoms with Gasteiger partial charge in [-0.3, -0.25) is 0 Å². The molecule has 0 amide bonds. The summed E-state index contributed by atoms with van der Waals surface area (Å²) in [5, 5.41) is 3.49. The molecule has 0 aromatic carbocycles. The number of hydrogen-bond acceptors (Lipinski definition) is 2. The number of halogens is 1. The van der Waals surface area contributed by atoms with Crippen LogP contribution in [0.2, 0.25) is 0 Å². The summed E-state index contributed by atoms with van der Waals surface area (Å²) in [4.78, 5) is 0. The van der Waals surface area contributed by atoms with Crippen LogP contribution in [-0.2, 0) is 4.74 Å². The lowest BCUT2D eigenvalue weighted by Gasteiger charge is -2.26. The molecule has 1 aliphatic carbocycles. The predicted octanol–water partition coefficient (Wildman–Crippen LogP) is 3.19. The highest BCUT2D eigenvalue weighted by Gasteiger charge is 2.32. The van der Waals surface area contributed by atoms with E-state index in [-0.39, 0.29) is 0 Å². The van der Waals surface area contributed by atoms with E-state index in [2.05, 4.69) is 12.2 Å². The van der Waals surface area contributed by atoms with Crippen molar-refractivity contribution in [2.45, 2.75) is 45.4 Å². The molecule has 3 heteroatoms. The molecular weight excluding hydrogens is 222 g/mol. The number of nitrogens with one attached hydrogen (secondary N) is 1. The molecular formula is C13H26ClNO. The summed E-state index contributed by atoms with van der Waals surface area (Å²) < 4.78 is 5.51. The average molecular weight is 248 g/mol. The van der Waals surface area contributed by atoms with Gasteiger partial charge in [0.15, 0.2) is 0 Å². The van der Waals surface area contributed by atoms with Gasteiger partial charge in [-0.15, -0.1) is 11.6 Å². The van der Waals surface area contributed by atoms with Crippen LogP contribution in [0, 0.1) is 5.41 Å². The quantitative estimate of drug-likeness (QED) is 0.499. The van der Waals surface area contributed by atoms with E-state index in [1.165, 1.54) is 38.5 Å². The maximum absolute atomic E-state index is 6.07. The Kier molecular flexibility index (Phi) is 7.42. The van der Waals surface area contributed by atoms with E-state index >= 15 is 0 Å². The largest absolute Gasteiger partial charge is 0.380 e. The van der Waals surface area contributed by atoms with Gasteiger partial charge in [0.25, 0.3) is 0 Å². The maximum atomic E-state index is 6.07. The Balaban J connectivity index is 1.97. The van der Waals surface area contributed by atoms with Crippen molar-refractivity contribution in [1.82, 2.24) is 5.32 Å². The monoisotopic (exact) mass is 247 g/mol. The van der Waals surface area contributed by atoms with Crippen LogP contribution in [-0.4, -0.2) is 32.2 Å². The third-order valence-corrected chi connectivity index (χ3v) is 4.08. The minimum Gasteiger partial charge on any atom is -0.380 e. The highest BCUT2D eigenvalue weighted by molar-refractivity contribution is 6.18. The second-order valence-corrected chi connectivity index (χ2v) is 5.25. The lowest BCUT2D eigenvalue weighted by atomic mass is 9.88. The maximum Gasteiger partial charge on any atom is 0.0590 e. The van der Waals surface area contributed by atoms with E-state index in [0.717, 1.165) is 32.2 Å². The van der Waals surface area contributed by atoms with Crippen molar-refractivity contribution in [2.24, 2.45) is 5.41 Å². The van der Waals surface area contributed by atoms with Crippen molar-refractivity contribution in [3.63, 3.8) is 0 Å². The van der Waals surface area contributed by atoms with Crippen molar-refractivity contribution >= 4 is 11.6 Å². The molecule has 0 heterocycles. The molecule has 0 bridgehead atoms. The highest BCUT2D eigenvalue weighted by atomic mass is 35.5. The van der Waals surface area contributed by atoms with E-state index in [1.807, 2.05) is 0 Å². The van der Waals surface area contributed by atoms with E-state index < -0.39 is 0 Å². The number of hydrogen-bond donors (Lipinski definition) is 1. The standard InChI is InChI=1S/C13H26ClNO/c1-2-3-9-16-10-8-15-12-13(11-14)6-4-5-7-13/h15H,2-12H2,1H3. The first-order chi connectivity index (χ1) is 7.83. The Morgan fingerprint density at radius 1 is 1.25 bits per heavy atom. The first-order valence-corrected chi connectivity index (χ1v) is 7.21. The third-order valence-electron chi connectivity index (χ3n) is 3.51. The smallest absolute Gasteiger partial charge is 0.0590 e. The predicted molar refractivity (Wildman–Crippen MR) is 70.2 cm³/mol. The van der Waals surface area contributed by atoms with Crippen molar-refractivity contribution in [3.8, 4) is 0 Å². The minimum absolute atomic E-state index is 0.380. The van der Waals surface area contributed by atoms with Crippen LogP contribution in [0.15, 0.2) is 0 Å². The van der Waals surface area contributed by atoms with Crippen molar-refractivity contribution in [1.29, 1.82) is 0 Å². The fourth-order valence-corrected chi connectivity index (χ4v) is 2.69. The van der Waals surface area contributed by atoms with Crippen LogP contribution in [0.4, 0.5) is 0 Å². The Hall–Kier alpha value is 0.210. The van der Waals surface area contributed by atoms with Crippen LogP contribution in [0.1, 0.15) is 45.4 Å². The minimum atomic E-state index is 0.380. The van der Waals surface area contributed by atoms with Crippen molar-refractivity contribution < 1.29 is 4.74 Å². The molecule has 1 aliphatic rings. The van der Waals surface area contributed by atoms with Gasteiger partial charge in [0.05, 0.1) is 6.61 Å². The summed E-state index contributed by atoms with van der Waals surface area (Å²) in [6.07, 6.45) is 7.66. The third kappa shape index (κ3) is 5.03. The Labute approximate surface area is 105 Å². The Morgan fingerprint density at radius 3 is 2.62 bits per heavy atom. The fourth-order valence-electron chi connectivity index (χ4n) is 2.33. The zero-order chi connectivity index (χ0) is 11.7. The molecule has 0 radical (unpaired) electrons. The molecule has 16 heavy (non-hydrogen) atoms. The average Bonchev–Trinajstić information content (AvgIpc) is 2.77. The van der Waals surface area contributed by atoms with Crippen LogP contribution in [0.3, 0.4) is 0 Å². The molecule has 2 nitrogen and oxygen atoms in total. The van der Waals surface area contributed by atoms with Crippen LogP contribution < -0.4 is 5.32 Å². The number of rotatable bonds is 9. The second kappa shape index (κ2) is 8.32. The lowest BCUT2D eigenvalue weighted by Crippen LogP contribution is -2.35. The summed E-state index contributed by atoms with van der Waals surface area (Å²) in [5.41, 5.74) is 0.380. The van der Waals surface area contributed by atoms with Gasteiger partial charge < -0.3 is 10.1 Å². The summed E-state index contributed by atoms with van der Waals surface area (Å²) in [6, 6.07) is 0. The van der Waals surface area contributed by atoms with Crippen molar-refractivity contribution in [3.05, 3.63) is 0 Å². The molecule has 0 atom stereocenters. The van der Waals surface area contributed by atoms with Gasteiger partial charge in [0.1, 0.15) is 0 Å². The van der Waals surface area contributed by atoms with Crippen LogP contribution in [0.25, 0.3) is 0 Å². The molecule has 96 valence electrons. The second-order valence-electron chi connectivity index (χ2n) is 4.98. The summed E-state index contributed by atoms with van der Waals surface area (Å²) in [7, 11) is 0. The van der Waals surface area contributed by atoms with Crippen molar-refractivity contribution in [2.75, 3.05) is 32.2 Å². The molecule has 1 N–H and O–H groups in total. The van der Waals surface area contributed by atoms with Crippen LogP contribution in [0.5, 0.6) is 0 Å². The molecule has 1 fully saturated rings. The molecule has 0 unspecified atom stereocenters. The van der Waals surface area contributed by atoms with Gasteiger partial charge in [0, 0.05) is 25.6 Å². The Morgan fingerprint density at radius 2 is 2.00 bits per heavy atom. The van der Waals surface area contributed by atoms with Gasteiger partial charge >= 0.3 is 0 Å². The SMILES string of the molecule is CCCCOCCNCC1(CCl)CCCC1. The summed E-state index contributed by atoms with van der Waals surface area (Å²) in [5.74, 6) is 0.802. The van der Waals surface area contributed by atoms with E-state index in [0.29, 0.717) is 5.41 Å². The highest BCUT2D eigenvalue weighted by Crippen LogP contribution is 2.38. The number of alkyl halides is 1. The first-order valence-electron chi connectivity index (χ1n) is 6.67. The van der Waals surface area contributed by atoms with E-state index in [4.69, 9.17) is 16.3 Å². The van der Waals surface area contributed by atoms with Gasteiger partial charge in [-0.2, -0.15) is 0 Å². The normalized spacial score (nSPS) is 19.1. The molecule has 0 aromatic heterocycles. The molecule has 1 saturated carbocycles. The topological polar surface area (TPSA) is 21.3 Å². The van der Waals surface area contributed by atoms with Gasteiger partial charge in [-0.25, -0.2) is 0 Å². The molecule has 0 saturated heterocycles. The van der Waals surface area contributed by atoms with Gasteiger partial charge in [-0.1, -0.05) is 26.2 Å². The molecule has 0 spiro atoms. The summed E-state index contributed by atoms with van der Waals surface area (Å²) in [6.45, 7) is 5.94. The fraction of sp³-hybridized carbons (Fsp3) is 1.00. The van der Waals surface area contributed by atoms with E-state index in [1.54, 1.807) is 0 Å². The zero-order valence-corrected chi connectivity index (χ0v) is 11.3. The first kappa shape index (κ1) is 14.3. The summed E-state index contributed by atoms with van der Waals surface area (Å²) >= 11 is 6.07.